The van der Waals surface area contributed by atoms with Gasteiger partial charge in [-0.1, -0.05) is 0 Å². The molecular formula is C11H22N2O. The van der Waals surface area contributed by atoms with Gasteiger partial charge in [-0.25, -0.2) is 0 Å². The third-order valence-electron chi connectivity index (χ3n) is 3.48. The molecule has 1 atom stereocenters. The SMILES string of the molecule is CNC1CCN(CC2CCCO2)CC1. The van der Waals surface area contributed by atoms with Gasteiger partial charge in [0.25, 0.3) is 0 Å². The van der Waals surface area contributed by atoms with Crippen LogP contribution in [0.4, 0.5) is 0 Å². The van der Waals surface area contributed by atoms with Crippen LogP contribution in [0.15, 0.2) is 0 Å². The van der Waals surface area contributed by atoms with Crippen LogP contribution in [0.5, 0.6) is 0 Å². The average Bonchev–Trinajstić information content (AvgIpc) is 2.72. The zero-order valence-corrected chi connectivity index (χ0v) is 9.17. The van der Waals surface area contributed by atoms with Crippen LogP contribution in [-0.4, -0.2) is 50.3 Å². The lowest BCUT2D eigenvalue weighted by Gasteiger charge is -2.33. The first-order valence-corrected chi connectivity index (χ1v) is 5.89. The summed E-state index contributed by atoms with van der Waals surface area (Å²) in [6, 6.07) is 0.746. The molecule has 2 heterocycles. The first-order valence-electron chi connectivity index (χ1n) is 5.89. The van der Waals surface area contributed by atoms with Crippen LogP contribution in [-0.2, 0) is 4.74 Å². The molecule has 2 aliphatic rings. The molecule has 1 N–H and O–H groups in total. The van der Waals surface area contributed by atoms with E-state index in [9.17, 15) is 0 Å². The van der Waals surface area contributed by atoms with Gasteiger partial charge in [0.15, 0.2) is 0 Å². The van der Waals surface area contributed by atoms with Gasteiger partial charge in [0.05, 0.1) is 6.10 Å². The number of nitrogens with one attached hydrogen (secondary N) is 1. The molecule has 0 aromatic carbocycles. The van der Waals surface area contributed by atoms with E-state index in [1.54, 1.807) is 0 Å². The lowest BCUT2D eigenvalue weighted by atomic mass is 10.0. The molecule has 0 radical (unpaired) electrons. The van der Waals surface area contributed by atoms with E-state index in [-0.39, 0.29) is 0 Å². The Bertz CT molecular complexity index is 161. The zero-order valence-electron chi connectivity index (χ0n) is 9.17. The molecule has 0 aromatic heterocycles. The summed E-state index contributed by atoms with van der Waals surface area (Å²) in [7, 11) is 2.07. The van der Waals surface area contributed by atoms with E-state index in [1.807, 2.05) is 0 Å². The monoisotopic (exact) mass is 198 g/mol. The van der Waals surface area contributed by atoms with Gasteiger partial charge in [-0.05, 0) is 45.8 Å². The van der Waals surface area contributed by atoms with E-state index in [0.29, 0.717) is 6.10 Å². The van der Waals surface area contributed by atoms with E-state index in [0.717, 1.165) is 19.2 Å². The van der Waals surface area contributed by atoms with Crippen molar-refractivity contribution in [3.05, 3.63) is 0 Å². The van der Waals surface area contributed by atoms with Crippen LogP contribution < -0.4 is 5.32 Å². The van der Waals surface area contributed by atoms with Crippen molar-refractivity contribution in [1.82, 2.24) is 10.2 Å². The number of hydrogen-bond donors (Lipinski definition) is 1. The Morgan fingerprint density at radius 2 is 2.07 bits per heavy atom. The van der Waals surface area contributed by atoms with E-state index in [4.69, 9.17) is 4.74 Å². The third kappa shape index (κ3) is 2.69. The van der Waals surface area contributed by atoms with Gasteiger partial charge >= 0.3 is 0 Å². The maximum absolute atomic E-state index is 5.65. The lowest BCUT2D eigenvalue weighted by molar-refractivity contribution is 0.0632. The Morgan fingerprint density at radius 1 is 1.29 bits per heavy atom. The van der Waals surface area contributed by atoms with Crippen molar-refractivity contribution in [1.29, 1.82) is 0 Å². The van der Waals surface area contributed by atoms with Crippen LogP contribution >= 0.6 is 0 Å². The Kier molecular flexibility index (Phi) is 3.79. The predicted molar refractivity (Wildman–Crippen MR) is 57.5 cm³/mol. The Labute approximate surface area is 86.8 Å². The summed E-state index contributed by atoms with van der Waals surface area (Å²) in [4.78, 5) is 2.56. The van der Waals surface area contributed by atoms with Gasteiger partial charge in [-0.2, -0.15) is 0 Å². The molecule has 0 amide bonds. The largest absolute Gasteiger partial charge is 0.377 e. The number of nitrogens with zero attached hydrogens (tertiary/aromatic N) is 1. The van der Waals surface area contributed by atoms with Gasteiger partial charge in [0.1, 0.15) is 0 Å². The molecule has 2 rings (SSSR count). The van der Waals surface area contributed by atoms with Gasteiger partial charge in [-0.15, -0.1) is 0 Å². The fourth-order valence-electron chi connectivity index (χ4n) is 2.48. The maximum Gasteiger partial charge on any atom is 0.0702 e. The molecule has 0 saturated carbocycles. The smallest absolute Gasteiger partial charge is 0.0702 e. The molecule has 2 aliphatic heterocycles. The summed E-state index contributed by atoms with van der Waals surface area (Å²) in [5.41, 5.74) is 0. The van der Waals surface area contributed by atoms with E-state index in [1.165, 1.54) is 38.8 Å². The van der Waals surface area contributed by atoms with Crippen molar-refractivity contribution in [3.8, 4) is 0 Å². The molecule has 1 unspecified atom stereocenters. The van der Waals surface area contributed by atoms with Crippen LogP contribution in [0.25, 0.3) is 0 Å². The van der Waals surface area contributed by atoms with Crippen LogP contribution in [0.3, 0.4) is 0 Å². The highest BCUT2D eigenvalue weighted by atomic mass is 16.5. The number of ether oxygens (including phenoxy) is 1. The number of rotatable bonds is 3. The van der Waals surface area contributed by atoms with Crippen LogP contribution in [0.1, 0.15) is 25.7 Å². The number of hydrogen-bond acceptors (Lipinski definition) is 3. The van der Waals surface area contributed by atoms with Crippen LogP contribution in [0.2, 0.25) is 0 Å². The summed E-state index contributed by atoms with van der Waals surface area (Å²) in [5.74, 6) is 0. The van der Waals surface area contributed by atoms with Crippen molar-refractivity contribution < 1.29 is 4.74 Å². The van der Waals surface area contributed by atoms with Gasteiger partial charge < -0.3 is 15.0 Å². The standard InChI is InChI=1S/C11H22N2O/c1-12-10-4-6-13(7-5-10)9-11-3-2-8-14-11/h10-12H,2-9H2,1H3. The highest BCUT2D eigenvalue weighted by Crippen LogP contribution is 2.16. The summed E-state index contributed by atoms with van der Waals surface area (Å²) >= 11 is 0. The van der Waals surface area contributed by atoms with Crippen molar-refractivity contribution in [3.63, 3.8) is 0 Å². The topological polar surface area (TPSA) is 24.5 Å². The minimum Gasteiger partial charge on any atom is -0.377 e. The maximum atomic E-state index is 5.65. The van der Waals surface area contributed by atoms with Crippen molar-refractivity contribution in [2.24, 2.45) is 0 Å². The molecule has 0 aliphatic carbocycles. The second-order valence-corrected chi connectivity index (χ2v) is 4.50. The summed E-state index contributed by atoms with van der Waals surface area (Å²) in [5, 5.41) is 3.36. The highest BCUT2D eigenvalue weighted by Gasteiger charge is 2.22. The molecule has 3 heteroatoms. The molecule has 0 aromatic rings. The van der Waals surface area contributed by atoms with Crippen LogP contribution in [0, 0.1) is 0 Å². The fraction of sp³-hybridized carbons (Fsp3) is 1.00. The van der Waals surface area contributed by atoms with E-state index >= 15 is 0 Å². The predicted octanol–water partition coefficient (Wildman–Crippen LogP) is 0.849. The van der Waals surface area contributed by atoms with E-state index < -0.39 is 0 Å². The van der Waals surface area contributed by atoms with Gasteiger partial charge in [0.2, 0.25) is 0 Å². The van der Waals surface area contributed by atoms with Crippen molar-refractivity contribution in [2.75, 3.05) is 33.3 Å². The first kappa shape index (κ1) is 10.4. The zero-order chi connectivity index (χ0) is 9.80. The van der Waals surface area contributed by atoms with Crippen molar-refractivity contribution >= 4 is 0 Å². The average molecular weight is 198 g/mol. The molecule has 2 saturated heterocycles. The fourth-order valence-corrected chi connectivity index (χ4v) is 2.48. The molecule has 0 spiro atoms. The highest BCUT2D eigenvalue weighted by molar-refractivity contribution is 4.78. The summed E-state index contributed by atoms with van der Waals surface area (Å²) < 4.78 is 5.65. The lowest BCUT2D eigenvalue weighted by Crippen LogP contribution is -2.43. The van der Waals surface area contributed by atoms with Gasteiger partial charge in [-0.3, -0.25) is 0 Å². The molecule has 3 nitrogen and oxygen atoms in total. The molecule has 14 heavy (non-hydrogen) atoms. The second kappa shape index (κ2) is 5.10. The third-order valence-corrected chi connectivity index (χ3v) is 3.48. The van der Waals surface area contributed by atoms with Gasteiger partial charge in [0, 0.05) is 19.2 Å². The van der Waals surface area contributed by atoms with Crippen molar-refractivity contribution in [2.45, 2.75) is 37.8 Å². The Balaban J connectivity index is 1.67. The number of likely N-dealkylation sites (tertiary alicyclic amines) is 1. The molecule has 0 bridgehead atoms. The molecule has 82 valence electrons. The Hall–Kier alpha value is -0.120. The quantitative estimate of drug-likeness (QED) is 0.727. The normalized spacial score (nSPS) is 31.1. The molecule has 2 fully saturated rings. The minimum atomic E-state index is 0.529. The number of piperidine rings is 1. The summed E-state index contributed by atoms with van der Waals surface area (Å²) in [6.07, 6.45) is 5.65. The first-order chi connectivity index (χ1) is 6.88. The molecular weight excluding hydrogens is 176 g/mol. The second-order valence-electron chi connectivity index (χ2n) is 4.50. The van der Waals surface area contributed by atoms with E-state index in [2.05, 4.69) is 17.3 Å². The minimum absolute atomic E-state index is 0.529. The summed E-state index contributed by atoms with van der Waals surface area (Å²) in [6.45, 7) is 4.63. The Morgan fingerprint density at radius 3 is 2.64 bits per heavy atom.